The average molecular weight is 471 g/mol. The summed E-state index contributed by atoms with van der Waals surface area (Å²) in [4.78, 5) is 27.1. The van der Waals surface area contributed by atoms with E-state index in [0.29, 0.717) is 28.8 Å². The van der Waals surface area contributed by atoms with Crippen molar-refractivity contribution < 1.29 is 22.7 Å². The van der Waals surface area contributed by atoms with E-state index in [9.17, 15) is 18.0 Å². The number of carbonyl (C=O) groups excluding carboxylic acids is 1. The molecule has 176 valence electrons. The van der Waals surface area contributed by atoms with Crippen LogP contribution in [0.2, 0.25) is 0 Å². The number of likely N-dealkylation sites (N-methyl/N-ethyl adjacent to an activating group) is 1. The summed E-state index contributed by atoms with van der Waals surface area (Å²) in [7, 11) is 3.36. The predicted molar refractivity (Wildman–Crippen MR) is 118 cm³/mol. The van der Waals surface area contributed by atoms with Gasteiger partial charge in [-0.05, 0) is 13.0 Å². The van der Waals surface area contributed by atoms with Gasteiger partial charge in [-0.2, -0.15) is 18.3 Å². The van der Waals surface area contributed by atoms with Crippen LogP contribution in [0, 0.1) is 0 Å². The monoisotopic (exact) mass is 471 g/mol. The van der Waals surface area contributed by atoms with Gasteiger partial charge < -0.3 is 15.0 Å². The van der Waals surface area contributed by atoms with Gasteiger partial charge >= 0.3 is 6.18 Å². The first kappa shape index (κ1) is 21.9. The number of aromatic nitrogens is 5. The van der Waals surface area contributed by atoms with Crippen molar-refractivity contribution in [3.63, 3.8) is 0 Å². The number of rotatable bonds is 4. The summed E-state index contributed by atoms with van der Waals surface area (Å²) in [6, 6.07) is 1.91. The number of hydrogen-bond donors (Lipinski definition) is 1. The molecule has 1 N–H and O–H groups in total. The first-order valence-electron chi connectivity index (χ1n) is 10.5. The average Bonchev–Trinajstić information content (AvgIpc) is 3.41. The van der Waals surface area contributed by atoms with E-state index < -0.39 is 23.8 Å². The van der Waals surface area contributed by atoms with Crippen molar-refractivity contribution in [3.05, 3.63) is 47.7 Å². The maximum absolute atomic E-state index is 13.3. The molecule has 1 aliphatic rings. The van der Waals surface area contributed by atoms with Crippen LogP contribution in [0.15, 0.2) is 30.7 Å². The number of alkyl halides is 3. The molecule has 1 aliphatic heterocycles. The number of ether oxygens (including phenoxy) is 1. The first-order valence-corrected chi connectivity index (χ1v) is 10.5. The molecule has 5 heterocycles. The number of halogens is 3. The highest BCUT2D eigenvalue weighted by Gasteiger charge is 2.37. The molecule has 4 aromatic rings. The number of nitrogens with zero attached hydrogens (tertiary/aromatic N) is 6. The quantitative estimate of drug-likeness (QED) is 0.486. The van der Waals surface area contributed by atoms with Gasteiger partial charge in [-0.1, -0.05) is 0 Å². The molecule has 0 unspecified atom stereocenters. The van der Waals surface area contributed by atoms with Crippen molar-refractivity contribution in [2.75, 3.05) is 25.5 Å². The van der Waals surface area contributed by atoms with E-state index in [4.69, 9.17) is 4.74 Å². The summed E-state index contributed by atoms with van der Waals surface area (Å²) in [6.45, 7) is 2.67. The Bertz CT molecular complexity index is 1430. The highest BCUT2D eigenvalue weighted by atomic mass is 19.4. The number of nitrogens with one attached hydrogen (secondary N) is 1. The predicted octanol–water partition coefficient (Wildman–Crippen LogP) is 3.57. The Kier molecular flexibility index (Phi) is 5.03. The zero-order chi connectivity index (χ0) is 24.2. The number of aryl methyl sites for hydroxylation is 1. The molecule has 12 heteroatoms. The van der Waals surface area contributed by atoms with Crippen LogP contribution in [0.4, 0.5) is 19.0 Å². The molecular weight excluding hydrogens is 451 g/mol. The smallest absolute Gasteiger partial charge is 0.433 e. The van der Waals surface area contributed by atoms with E-state index >= 15 is 0 Å². The molecule has 0 aliphatic carbocycles. The van der Waals surface area contributed by atoms with E-state index in [0.717, 1.165) is 23.2 Å². The number of anilines is 1. The maximum atomic E-state index is 13.3. The molecule has 0 radical (unpaired) electrons. The van der Waals surface area contributed by atoms with E-state index in [1.165, 1.54) is 11.1 Å². The highest BCUT2D eigenvalue weighted by molar-refractivity contribution is 6.09. The number of carbonyl (C=O) groups is 1. The summed E-state index contributed by atoms with van der Waals surface area (Å²) in [6.07, 6.45) is -0.230. The normalized spacial score (nSPS) is 15.4. The van der Waals surface area contributed by atoms with Gasteiger partial charge in [0.1, 0.15) is 29.6 Å². The van der Waals surface area contributed by atoms with E-state index in [-0.39, 0.29) is 18.1 Å². The summed E-state index contributed by atoms with van der Waals surface area (Å²) in [5, 5.41) is 9.07. The third-order valence-electron chi connectivity index (χ3n) is 5.86. The summed E-state index contributed by atoms with van der Waals surface area (Å²) in [5.41, 5.74) is 0.948. The van der Waals surface area contributed by atoms with E-state index in [2.05, 4.69) is 25.4 Å². The van der Waals surface area contributed by atoms with Crippen molar-refractivity contribution in [3.8, 4) is 5.75 Å². The molecule has 1 amide bonds. The number of hydrogen-bond acceptors (Lipinski definition) is 7. The second-order valence-corrected chi connectivity index (χ2v) is 7.96. The van der Waals surface area contributed by atoms with Crippen LogP contribution in [0.1, 0.15) is 34.7 Å². The van der Waals surface area contributed by atoms with Crippen LogP contribution in [0.5, 0.6) is 5.75 Å². The third kappa shape index (κ3) is 3.45. The lowest BCUT2D eigenvalue weighted by Gasteiger charge is -2.23. The fraction of sp³-hybridized carbons (Fsp3) is 0.318. The number of fused-ring (bicyclic) bond motifs is 4. The molecule has 0 spiro atoms. The summed E-state index contributed by atoms with van der Waals surface area (Å²) < 4.78 is 46.1. The Morgan fingerprint density at radius 3 is 2.76 bits per heavy atom. The van der Waals surface area contributed by atoms with Crippen LogP contribution in [-0.4, -0.2) is 55.7 Å². The second kappa shape index (κ2) is 7.82. The van der Waals surface area contributed by atoms with Crippen molar-refractivity contribution >= 4 is 33.5 Å². The molecule has 1 atom stereocenters. The molecule has 34 heavy (non-hydrogen) atoms. The Hall–Kier alpha value is -3.96. The fourth-order valence-corrected chi connectivity index (χ4v) is 4.14. The number of pyridine rings is 3. The topological polar surface area (TPSA) is 98.1 Å². The van der Waals surface area contributed by atoms with Gasteiger partial charge in [-0.25, -0.2) is 9.97 Å². The lowest BCUT2D eigenvalue weighted by molar-refractivity contribution is -0.141. The third-order valence-corrected chi connectivity index (χ3v) is 5.86. The Labute approximate surface area is 191 Å². The van der Waals surface area contributed by atoms with Crippen molar-refractivity contribution in [2.24, 2.45) is 7.05 Å². The van der Waals surface area contributed by atoms with Crippen molar-refractivity contribution in [2.45, 2.75) is 19.1 Å². The van der Waals surface area contributed by atoms with Crippen LogP contribution in [0.25, 0.3) is 21.8 Å². The minimum absolute atomic E-state index is 0.0216. The lowest BCUT2D eigenvalue weighted by Crippen LogP contribution is -2.32. The van der Waals surface area contributed by atoms with E-state index in [1.54, 1.807) is 31.0 Å². The lowest BCUT2D eigenvalue weighted by atomic mass is 10.1. The molecule has 0 saturated carbocycles. The van der Waals surface area contributed by atoms with Crippen molar-refractivity contribution in [1.82, 2.24) is 29.6 Å². The molecule has 9 nitrogen and oxygen atoms in total. The van der Waals surface area contributed by atoms with Gasteiger partial charge in [-0.3, -0.25) is 14.5 Å². The van der Waals surface area contributed by atoms with Crippen LogP contribution in [-0.2, 0) is 13.2 Å². The van der Waals surface area contributed by atoms with Gasteiger partial charge in [0.15, 0.2) is 0 Å². The summed E-state index contributed by atoms with van der Waals surface area (Å²) in [5.74, 6) is 0.339. The van der Waals surface area contributed by atoms with Gasteiger partial charge in [0, 0.05) is 43.9 Å². The molecule has 0 bridgehead atoms. The molecule has 0 aromatic carbocycles. The van der Waals surface area contributed by atoms with Gasteiger partial charge in [0.05, 0.1) is 34.9 Å². The van der Waals surface area contributed by atoms with Gasteiger partial charge in [0.25, 0.3) is 5.91 Å². The maximum Gasteiger partial charge on any atom is 0.433 e. The largest absolute Gasteiger partial charge is 0.491 e. The Morgan fingerprint density at radius 1 is 1.24 bits per heavy atom. The second-order valence-electron chi connectivity index (χ2n) is 7.96. The fourth-order valence-electron chi connectivity index (χ4n) is 4.14. The van der Waals surface area contributed by atoms with Gasteiger partial charge in [-0.15, -0.1) is 0 Å². The Balaban J connectivity index is 1.50. The van der Waals surface area contributed by atoms with Crippen LogP contribution in [0.3, 0.4) is 0 Å². The first-order chi connectivity index (χ1) is 16.2. The molecular formula is C22H20F3N7O2. The molecule has 4 aromatic heterocycles. The SMILES string of the molecule is CCNc1nc2cnc(C(=O)N(C)[C@@H]3COc4cc(C(F)(F)F)ncc43)cc2c2c1cnn2C. The van der Waals surface area contributed by atoms with Crippen LogP contribution < -0.4 is 10.1 Å². The molecule has 0 fully saturated rings. The molecule has 0 saturated heterocycles. The zero-order valence-electron chi connectivity index (χ0n) is 18.5. The minimum atomic E-state index is -4.58. The van der Waals surface area contributed by atoms with Crippen molar-refractivity contribution in [1.29, 1.82) is 0 Å². The molecule has 5 rings (SSSR count). The number of amides is 1. The van der Waals surface area contributed by atoms with Gasteiger partial charge in [0.2, 0.25) is 0 Å². The summed E-state index contributed by atoms with van der Waals surface area (Å²) >= 11 is 0. The zero-order valence-corrected chi connectivity index (χ0v) is 18.5. The standard InChI is InChI=1S/C22H20F3N7O2/c1-4-26-20-13-8-29-32(3)19(13)11-5-14(27-9-15(11)30-20)21(33)31(2)16-10-34-17-6-18(22(23,24)25)28-7-12(16)17/h5-9,16H,4,10H2,1-3H3,(H,26,30)/t16-/m1/s1. The van der Waals surface area contributed by atoms with Crippen LogP contribution >= 0.6 is 0 Å². The minimum Gasteiger partial charge on any atom is -0.491 e. The highest BCUT2D eigenvalue weighted by Crippen LogP contribution is 2.39. The Morgan fingerprint density at radius 2 is 2.03 bits per heavy atom. The van der Waals surface area contributed by atoms with E-state index in [1.807, 2.05) is 6.92 Å².